The normalized spacial score (nSPS) is 13.4. The maximum absolute atomic E-state index is 7.08. The van der Waals surface area contributed by atoms with E-state index in [-0.39, 0.29) is 28.4 Å². The number of fused-ring (bicyclic) bond motifs is 16. The van der Waals surface area contributed by atoms with E-state index >= 15 is 0 Å². The van der Waals surface area contributed by atoms with E-state index in [9.17, 15) is 0 Å². The highest BCUT2D eigenvalue weighted by Gasteiger charge is 2.45. The van der Waals surface area contributed by atoms with Crippen molar-refractivity contribution in [2.24, 2.45) is 0 Å². The van der Waals surface area contributed by atoms with Crippen molar-refractivity contribution in [2.45, 2.75) is 105 Å². The Balaban J connectivity index is 0.924. The van der Waals surface area contributed by atoms with Crippen LogP contribution in [0.4, 0.5) is 34.1 Å². The third-order valence-electron chi connectivity index (χ3n) is 23.3. The fourth-order valence-corrected chi connectivity index (χ4v) is 17.6. The molecule has 14 aromatic carbocycles. The highest BCUT2D eigenvalue weighted by molar-refractivity contribution is 7.00. The van der Waals surface area contributed by atoms with E-state index in [4.69, 9.17) is 8.83 Å². The second-order valence-electron chi connectivity index (χ2n) is 34.1. The molecule has 0 atom stereocenters. The van der Waals surface area contributed by atoms with Gasteiger partial charge in [0.25, 0.3) is 6.71 Å². The number of aromatic nitrogens is 2. The molecule has 6 heterocycles. The molecule has 0 fully saturated rings. The van der Waals surface area contributed by atoms with Gasteiger partial charge < -0.3 is 27.8 Å². The molecule has 0 unspecified atom stereocenters. The Labute approximate surface area is 625 Å². The van der Waals surface area contributed by atoms with Crippen LogP contribution in [0.5, 0.6) is 0 Å². The van der Waals surface area contributed by atoms with Gasteiger partial charge >= 0.3 is 0 Å². The molecule has 0 spiro atoms. The zero-order chi connectivity index (χ0) is 72.9. The molecule has 18 aromatic rings. The van der Waals surface area contributed by atoms with E-state index in [0.717, 1.165) is 123 Å². The van der Waals surface area contributed by atoms with Crippen LogP contribution in [0.2, 0.25) is 0 Å². The predicted octanol–water partition coefficient (Wildman–Crippen LogP) is 26.0. The molecule has 4 aromatic heterocycles. The van der Waals surface area contributed by atoms with Crippen LogP contribution >= 0.6 is 0 Å². The van der Waals surface area contributed by atoms with E-state index in [2.05, 4.69) is 387 Å². The molecule has 0 saturated carbocycles. The van der Waals surface area contributed by atoms with Gasteiger partial charge in [-0.25, -0.2) is 0 Å². The van der Waals surface area contributed by atoms with Crippen LogP contribution in [0.1, 0.15) is 105 Å². The maximum Gasteiger partial charge on any atom is 0.252 e. The number of rotatable bonds is 7. The zero-order valence-electron chi connectivity index (χ0n) is 62.8. The van der Waals surface area contributed by atoms with Gasteiger partial charge in [-0.3, -0.25) is 0 Å². The average Bonchev–Trinajstić information content (AvgIpc) is 1.39. The lowest BCUT2D eigenvalue weighted by Crippen LogP contribution is -2.61. The Hall–Kier alpha value is -12.1. The molecule has 518 valence electrons. The number of nitrogens with zero attached hydrogens (tertiary/aromatic N) is 4. The minimum absolute atomic E-state index is 0.0608. The molecule has 7 heteroatoms. The molecule has 0 bridgehead atoms. The van der Waals surface area contributed by atoms with Crippen molar-refractivity contribution in [2.75, 3.05) is 9.80 Å². The van der Waals surface area contributed by atoms with Crippen molar-refractivity contribution in [1.82, 2.24) is 9.13 Å². The molecule has 0 N–H and O–H groups in total. The van der Waals surface area contributed by atoms with Gasteiger partial charge in [0.15, 0.2) is 0 Å². The van der Waals surface area contributed by atoms with E-state index < -0.39 is 0 Å². The second-order valence-corrected chi connectivity index (χ2v) is 34.1. The van der Waals surface area contributed by atoms with Gasteiger partial charge in [0.2, 0.25) is 0 Å². The van der Waals surface area contributed by atoms with Crippen molar-refractivity contribution in [3.05, 3.63) is 307 Å². The van der Waals surface area contributed by atoms with Gasteiger partial charge in [0, 0.05) is 66.4 Å². The first-order chi connectivity index (χ1) is 51.6. The first-order valence-corrected chi connectivity index (χ1v) is 37.9. The number of furan rings is 2. The van der Waals surface area contributed by atoms with Gasteiger partial charge in [-0.2, -0.15) is 0 Å². The van der Waals surface area contributed by atoms with Crippen LogP contribution in [0, 0.1) is 0 Å². The number of anilines is 6. The van der Waals surface area contributed by atoms with Gasteiger partial charge in [0.05, 0.1) is 44.2 Å². The molecular weight excluding hydrogens is 1300 g/mol. The molecule has 0 radical (unpaired) electrons. The number of benzene rings is 14. The zero-order valence-corrected chi connectivity index (χ0v) is 62.8. The first kappa shape index (κ1) is 64.5. The summed E-state index contributed by atoms with van der Waals surface area (Å²) in [5.74, 6) is 0. The highest BCUT2D eigenvalue weighted by Crippen LogP contribution is 2.53. The molecule has 20 rings (SSSR count). The van der Waals surface area contributed by atoms with E-state index in [1.54, 1.807) is 0 Å². The number of hydrogen-bond acceptors (Lipinski definition) is 4. The Morgan fingerprint density at radius 3 is 0.935 bits per heavy atom. The summed E-state index contributed by atoms with van der Waals surface area (Å²) < 4.78 is 19.2. The topological polar surface area (TPSA) is 42.6 Å². The van der Waals surface area contributed by atoms with E-state index in [0.29, 0.717) is 0 Å². The average molecular weight is 1380 g/mol. The Morgan fingerprint density at radius 2 is 0.589 bits per heavy atom. The van der Waals surface area contributed by atoms with Crippen LogP contribution in [0.25, 0.3) is 132 Å². The lowest BCUT2D eigenvalue weighted by Gasteiger charge is -2.45. The van der Waals surface area contributed by atoms with Crippen molar-refractivity contribution >= 4 is 145 Å². The lowest BCUT2D eigenvalue weighted by atomic mass is 9.33. The quantitative estimate of drug-likeness (QED) is 0.149. The first-order valence-electron chi connectivity index (χ1n) is 37.9. The SMILES string of the molecule is CC(C)(C)c1ccc2c(c1)c1cc(C(C)(C)C)ccc1n2-c1ccc2c(c1)N(c1cccc3oc4ccc(-c5ccccc5)cc4c13)c1cc(-c3ccccc3)cc3c1B2c1ccc(-n2c4ccc(C(C)(C)C)cc4c4cc(C(C)(C)C)ccc42)cc1N3c1cccc2oc3ccc(-c4ccccc4)cc3c12. The van der Waals surface area contributed by atoms with Crippen molar-refractivity contribution < 1.29 is 8.83 Å². The molecule has 6 nitrogen and oxygen atoms in total. The van der Waals surface area contributed by atoms with Crippen LogP contribution in [-0.4, -0.2) is 15.8 Å². The summed E-state index contributed by atoms with van der Waals surface area (Å²) in [6.07, 6.45) is 0. The van der Waals surface area contributed by atoms with Gasteiger partial charge in [-0.15, -0.1) is 0 Å². The summed E-state index contributed by atoms with van der Waals surface area (Å²) in [5, 5.41) is 9.21. The Morgan fingerprint density at radius 1 is 0.243 bits per heavy atom. The summed E-state index contributed by atoms with van der Waals surface area (Å²) in [7, 11) is 0. The smallest absolute Gasteiger partial charge is 0.252 e. The Kier molecular flexibility index (Phi) is 14.0. The minimum Gasteiger partial charge on any atom is -0.456 e. The molecule has 0 saturated heterocycles. The third kappa shape index (κ3) is 10.1. The summed E-state index contributed by atoms with van der Waals surface area (Å²) in [6, 6.07) is 108. The van der Waals surface area contributed by atoms with Crippen LogP contribution in [-0.2, 0) is 21.7 Å². The summed E-state index contributed by atoms with van der Waals surface area (Å²) in [5.41, 5.74) is 32.0. The van der Waals surface area contributed by atoms with Gasteiger partial charge in [0.1, 0.15) is 22.3 Å². The van der Waals surface area contributed by atoms with Crippen molar-refractivity contribution in [3.8, 4) is 44.8 Å². The summed E-state index contributed by atoms with van der Waals surface area (Å²) >= 11 is 0. The third-order valence-corrected chi connectivity index (χ3v) is 23.3. The molecule has 2 aliphatic heterocycles. The maximum atomic E-state index is 7.08. The van der Waals surface area contributed by atoms with Gasteiger partial charge in [-0.05, 0) is 227 Å². The molecule has 0 amide bonds. The summed E-state index contributed by atoms with van der Waals surface area (Å²) in [4.78, 5) is 5.23. The van der Waals surface area contributed by atoms with E-state index in [1.165, 1.54) is 82.3 Å². The van der Waals surface area contributed by atoms with Crippen molar-refractivity contribution in [1.29, 1.82) is 0 Å². The van der Waals surface area contributed by atoms with Gasteiger partial charge in [-0.1, -0.05) is 235 Å². The van der Waals surface area contributed by atoms with Crippen LogP contribution in [0.3, 0.4) is 0 Å². The van der Waals surface area contributed by atoms with Crippen LogP contribution < -0.4 is 26.2 Å². The molecule has 2 aliphatic rings. The largest absolute Gasteiger partial charge is 0.456 e. The highest BCUT2D eigenvalue weighted by atomic mass is 16.3. The summed E-state index contributed by atoms with van der Waals surface area (Å²) in [6.45, 7) is 27.6. The van der Waals surface area contributed by atoms with Crippen LogP contribution in [0.15, 0.2) is 294 Å². The minimum atomic E-state index is -0.260. The van der Waals surface area contributed by atoms with Crippen molar-refractivity contribution in [3.63, 3.8) is 0 Å². The predicted molar refractivity (Wildman–Crippen MR) is 455 cm³/mol. The fraction of sp³-hybridized carbons (Fsp3) is 0.160. The molecule has 107 heavy (non-hydrogen) atoms. The second kappa shape index (κ2) is 23.2. The Bertz CT molecular complexity index is 6210. The van der Waals surface area contributed by atoms with E-state index in [1.807, 2.05) is 0 Å². The number of hydrogen-bond donors (Lipinski definition) is 0. The molecular formula is C100H83BN4O2. The standard InChI is InChI=1S/C100H83BN4O2/c1-97(2,3)66-36-44-80-72(54-66)73-55-67(98(4,5)6)37-45-81(73)102(80)70-40-42-78-86(58-70)104(84-30-22-32-92-94(84)76-50-63(34-48-90(76)106-92)60-24-16-13-17-25-60)88-52-65(62-28-20-15-21-29-62)53-89-96(88)101(78)79-43-41-71(103-82-46-38-68(99(7,8)9)56-74(82)75-57-69(100(10,11)12)39-47-83(75)103)59-87(79)105(89)85-31-23-33-93-95(85)77-51-64(35-49-91(77)107-93)61-26-18-14-19-27-61/h13-59H,1-12H3. The monoisotopic (exact) mass is 1380 g/mol. The molecule has 0 aliphatic carbocycles. The fourth-order valence-electron chi connectivity index (χ4n) is 17.6. The lowest BCUT2D eigenvalue weighted by molar-refractivity contribution is 0.590.